The van der Waals surface area contributed by atoms with Crippen molar-refractivity contribution in [2.24, 2.45) is 0 Å². The van der Waals surface area contributed by atoms with Crippen LogP contribution in [-0.2, 0) is 0 Å². The van der Waals surface area contributed by atoms with Gasteiger partial charge in [0.25, 0.3) is 6.43 Å². The number of benzene rings is 1. The number of ketones is 1. The Morgan fingerprint density at radius 2 is 2.20 bits per heavy atom. The number of nitrogen functional groups attached to an aromatic ring is 1. The molecule has 5 heteroatoms. The van der Waals surface area contributed by atoms with Crippen LogP contribution in [0.1, 0.15) is 17.3 Å². The van der Waals surface area contributed by atoms with Crippen LogP contribution in [0.25, 0.3) is 0 Å². The van der Waals surface area contributed by atoms with E-state index in [1.54, 1.807) is 6.07 Å². The molecule has 0 aliphatic carbocycles. The van der Waals surface area contributed by atoms with Gasteiger partial charge in [-0.2, -0.15) is 0 Å². The molecule has 0 saturated carbocycles. The van der Waals surface area contributed by atoms with Crippen LogP contribution in [-0.4, -0.2) is 18.8 Å². The number of hydrogen-bond acceptors (Lipinski definition) is 3. The highest BCUT2D eigenvalue weighted by molar-refractivity contribution is 5.99. The number of anilines is 2. The van der Waals surface area contributed by atoms with Crippen LogP contribution in [0.4, 0.5) is 20.2 Å². The molecule has 15 heavy (non-hydrogen) atoms. The fourth-order valence-electron chi connectivity index (χ4n) is 1.17. The minimum atomic E-state index is -2.43. The van der Waals surface area contributed by atoms with E-state index in [0.29, 0.717) is 16.9 Å². The number of nitrogens with one attached hydrogen (secondary N) is 1. The Bertz CT molecular complexity index is 366. The average Bonchev–Trinajstić information content (AvgIpc) is 2.16. The quantitative estimate of drug-likeness (QED) is 0.596. The van der Waals surface area contributed by atoms with E-state index in [0.717, 1.165) is 0 Å². The zero-order valence-corrected chi connectivity index (χ0v) is 8.26. The Labute approximate surface area is 86.3 Å². The van der Waals surface area contributed by atoms with E-state index < -0.39 is 13.0 Å². The highest BCUT2D eigenvalue weighted by atomic mass is 19.3. The van der Waals surface area contributed by atoms with Gasteiger partial charge in [0.15, 0.2) is 5.78 Å². The largest absolute Gasteiger partial charge is 0.398 e. The first-order valence-electron chi connectivity index (χ1n) is 4.43. The zero-order chi connectivity index (χ0) is 11.4. The summed E-state index contributed by atoms with van der Waals surface area (Å²) in [4.78, 5) is 11.1. The summed E-state index contributed by atoms with van der Waals surface area (Å²) in [5.41, 5.74) is 6.71. The Balaban J connectivity index is 2.83. The summed E-state index contributed by atoms with van der Waals surface area (Å²) in [6.07, 6.45) is -2.43. The molecule has 0 aliphatic heterocycles. The normalized spacial score (nSPS) is 10.4. The van der Waals surface area contributed by atoms with Gasteiger partial charge < -0.3 is 11.1 Å². The van der Waals surface area contributed by atoms with E-state index in [2.05, 4.69) is 5.32 Å². The molecule has 0 radical (unpaired) electrons. The molecule has 0 bridgehead atoms. The number of halogens is 2. The van der Waals surface area contributed by atoms with Crippen LogP contribution in [0.3, 0.4) is 0 Å². The molecule has 0 spiro atoms. The molecule has 1 rings (SSSR count). The topological polar surface area (TPSA) is 55.1 Å². The summed E-state index contributed by atoms with van der Waals surface area (Å²) in [5, 5.41) is 2.51. The molecule has 3 N–H and O–H groups in total. The number of Topliss-reactive ketones (excluding diaryl/α,β-unsaturated/α-hetero) is 1. The Hall–Kier alpha value is -1.65. The van der Waals surface area contributed by atoms with Crippen LogP contribution >= 0.6 is 0 Å². The molecule has 1 aromatic rings. The number of alkyl halides is 2. The second-order valence-electron chi connectivity index (χ2n) is 3.13. The van der Waals surface area contributed by atoms with Crippen LogP contribution in [0.5, 0.6) is 0 Å². The van der Waals surface area contributed by atoms with Crippen molar-refractivity contribution in [3.05, 3.63) is 23.8 Å². The fraction of sp³-hybridized carbons (Fsp3) is 0.300. The lowest BCUT2D eigenvalue weighted by molar-refractivity contribution is 0.101. The van der Waals surface area contributed by atoms with Crippen molar-refractivity contribution in [1.29, 1.82) is 0 Å². The second-order valence-corrected chi connectivity index (χ2v) is 3.13. The van der Waals surface area contributed by atoms with Crippen molar-refractivity contribution in [3.8, 4) is 0 Å². The van der Waals surface area contributed by atoms with Gasteiger partial charge in [0.1, 0.15) is 0 Å². The lowest BCUT2D eigenvalue weighted by Gasteiger charge is -2.08. The smallest absolute Gasteiger partial charge is 0.255 e. The van der Waals surface area contributed by atoms with Gasteiger partial charge in [0, 0.05) is 16.9 Å². The second kappa shape index (κ2) is 4.72. The summed E-state index contributed by atoms with van der Waals surface area (Å²) < 4.78 is 23.8. The van der Waals surface area contributed by atoms with Crippen LogP contribution in [0.15, 0.2) is 18.2 Å². The summed E-state index contributed by atoms with van der Waals surface area (Å²) >= 11 is 0. The van der Waals surface area contributed by atoms with Crippen molar-refractivity contribution >= 4 is 17.2 Å². The maximum Gasteiger partial charge on any atom is 0.255 e. The SMILES string of the molecule is CC(=O)c1cc(NCC(F)F)ccc1N. The van der Waals surface area contributed by atoms with Crippen molar-refractivity contribution in [1.82, 2.24) is 0 Å². The van der Waals surface area contributed by atoms with E-state index in [9.17, 15) is 13.6 Å². The van der Waals surface area contributed by atoms with E-state index in [1.807, 2.05) is 0 Å². The third-order valence-electron chi connectivity index (χ3n) is 1.89. The molecule has 0 heterocycles. The first-order chi connectivity index (χ1) is 7.00. The first kappa shape index (κ1) is 11.4. The molecule has 0 aliphatic rings. The van der Waals surface area contributed by atoms with Crippen molar-refractivity contribution in [2.75, 3.05) is 17.6 Å². The molecular weight excluding hydrogens is 202 g/mol. The van der Waals surface area contributed by atoms with Gasteiger partial charge in [-0.05, 0) is 25.1 Å². The van der Waals surface area contributed by atoms with Gasteiger partial charge in [0.2, 0.25) is 0 Å². The van der Waals surface area contributed by atoms with E-state index >= 15 is 0 Å². The van der Waals surface area contributed by atoms with E-state index in [4.69, 9.17) is 5.73 Å². The summed E-state index contributed by atoms with van der Waals surface area (Å²) in [6, 6.07) is 4.55. The van der Waals surface area contributed by atoms with Crippen molar-refractivity contribution < 1.29 is 13.6 Å². The molecule has 0 saturated heterocycles. The molecule has 0 atom stereocenters. The van der Waals surface area contributed by atoms with Gasteiger partial charge in [0.05, 0.1) is 6.54 Å². The lowest BCUT2D eigenvalue weighted by atomic mass is 10.1. The minimum Gasteiger partial charge on any atom is -0.398 e. The number of rotatable bonds is 4. The molecule has 1 aromatic carbocycles. The Kier molecular flexibility index (Phi) is 3.60. The maximum absolute atomic E-state index is 11.9. The minimum absolute atomic E-state index is 0.187. The third-order valence-corrected chi connectivity index (χ3v) is 1.89. The molecule has 3 nitrogen and oxygen atoms in total. The van der Waals surface area contributed by atoms with Crippen molar-refractivity contribution in [3.63, 3.8) is 0 Å². The highest BCUT2D eigenvalue weighted by Gasteiger charge is 2.07. The fourth-order valence-corrected chi connectivity index (χ4v) is 1.17. The average molecular weight is 214 g/mol. The monoisotopic (exact) mass is 214 g/mol. The number of hydrogen-bond donors (Lipinski definition) is 2. The van der Waals surface area contributed by atoms with Gasteiger partial charge in [-0.25, -0.2) is 8.78 Å². The molecule has 0 aromatic heterocycles. The Morgan fingerprint density at radius 3 is 2.73 bits per heavy atom. The third kappa shape index (κ3) is 3.19. The number of carbonyl (C=O) groups excluding carboxylic acids is 1. The lowest BCUT2D eigenvalue weighted by Crippen LogP contribution is -2.11. The van der Waals surface area contributed by atoms with Crippen molar-refractivity contribution in [2.45, 2.75) is 13.3 Å². The predicted molar refractivity (Wildman–Crippen MR) is 55.4 cm³/mol. The van der Waals surface area contributed by atoms with Gasteiger partial charge in [-0.3, -0.25) is 4.79 Å². The van der Waals surface area contributed by atoms with Crippen LogP contribution < -0.4 is 11.1 Å². The standard InChI is InChI=1S/C10H12F2N2O/c1-6(15)8-4-7(2-3-9(8)13)14-5-10(11)12/h2-4,10,14H,5,13H2,1H3. The summed E-state index contributed by atoms with van der Waals surface area (Å²) in [6.45, 7) is 0.934. The highest BCUT2D eigenvalue weighted by Crippen LogP contribution is 2.18. The number of nitrogens with two attached hydrogens (primary N) is 1. The molecule has 0 unspecified atom stereocenters. The first-order valence-corrected chi connectivity index (χ1v) is 4.43. The number of carbonyl (C=O) groups is 1. The van der Waals surface area contributed by atoms with E-state index in [1.165, 1.54) is 19.1 Å². The summed E-state index contributed by atoms with van der Waals surface area (Å²) in [5.74, 6) is -0.187. The Morgan fingerprint density at radius 1 is 1.53 bits per heavy atom. The van der Waals surface area contributed by atoms with Gasteiger partial charge >= 0.3 is 0 Å². The van der Waals surface area contributed by atoms with Gasteiger partial charge in [-0.1, -0.05) is 0 Å². The molecular formula is C10H12F2N2O. The van der Waals surface area contributed by atoms with Gasteiger partial charge in [-0.15, -0.1) is 0 Å². The zero-order valence-electron chi connectivity index (χ0n) is 8.26. The molecule has 0 amide bonds. The van der Waals surface area contributed by atoms with Crippen LogP contribution in [0, 0.1) is 0 Å². The molecule has 82 valence electrons. The van der Waals surface area contributed by atoms with E-state index in [-0.39, 0.29) is 5.78 Å². The van der Waals surface area contributed by atoms with Crippen LogP contribution in [0.2, 0.25) is 0 Å². The predicted octanol–water partition coefficient (Wildman–Crippen LogP) is 2.15. The summed E-state index contributed by atoms with van der Waals surface area (Å²) in [7, 11) is 0. The molecule has 0 fully saturated rings. The maximum atomic E-state index is 11.9.